The number of carbonyl (C=O) groups excluding carboxylic acids is 3. The van der Waals surface area contributed by atoms with E-state index in [9.17, 15) is 27.6 Å². The zero-order valence-electron chi connectivity index (χ0n) is 17.5. The van der Waals surface area contributed by atoms with Gasteiger partial charge in [0, 0.05) is 29.2 Å². The summed E-state index contributed by atoms with van der Waals surface area (Å²) < 4.78 is 43.7. The highest BCUT2D eigenvalue weighted by atomic mass is 35.5. The minimum Gasteiger partial charge on any atom is -0.326 e. The Balaban J connectivity index is 2.18. The molecule has 1 heterocycles. The highest BCUT2D eigenvalue weighted by molar-refractivity contribution is 6.31. The second-order valence-corrected chi connectivity index (χ2v) is 9.22. The SMILES string of the molecule is CCCCN1C(=O)[C@@](NC(=O)c2cccc(Cl)c2)(C(F)(F)F)C2=C1CC(C)(C)CC2=O. The molecule has 0 aromatic heterocycles. The van der Waals surface area contributed by atoms with Crippen molar-refractivity contribution >= 4 is 29.2 Å². The van der Waals surface area contributed by atoms with E-state index in [2.05, 4.69) is 0 Å². The van der Waals surface area contributed by atoms with Crippen molar-refractivity contribution in [3.8, 4) is 0 Å². The summed E-state index contributed by atoms with van der Waals surface area (Å²) in [7, 11) is 0. The first-order valence-corrected chi connectivity index (χ1v) is 10.5. The molecule has 1 N–H and O–H groups in total. The van der Waals surface area contributed by atoms with Crippen molar-refractivity contribution < 1.29 is 27.6 Å². The molecule has 0 fully saturated rings. The molecule has 0 bridgehead atoms. The Morgan fingerprint density at radius 3 is 2.48 bits per heavy atom. The molecule has 168 valence electrons. The first kappa shape index (κ1) is 23.3. The molecule has 0 radical (unpaired) electrons. The predicted molar refractivity (Wildman–Crippen MR) is 109 cm³/mol. The molecular weight excluding hydrogens is 433 g/mol. The van der Waals surface area contributed by atoms with E-state index < -0.39 is 40.3 Å². The number of allylic oxidation sites excluding steroid dienone is 1. The van der Waals surface area contributed by atoms with E-state index in [0.717, 1.165) is 4.90 Å². The largest absolute Gasteiger partial charge is 0.425 e. The number of amides is 2. The van der Waals surface area contributed by atoms with Crippen LogP contribution in [0.5, 0.6) is 0 Å². The van der Waals surface area contributed by atoms with E-state index in [-0.39, 0.29) is 35.7 Å². The summed E-state index contributed by atoms with van der Waals surface area (Å²) in [4.78, 5) is 40.1. The van der Waals surface area contributed by atoms with Gasteiger partial charge in [-0.1, -0.05) is 44.9 Å². The second-order valence-electron chi connectivity index (χ2n) is 8.79. The molecule has 1 aliphatic heterocycles. The van der Waals surface area contributed by atoms with E-state index in [1.165, 1.54) is 24.3 Å². The lowest BCUT2D eigenvalue weighted by Crippen LogP contribution is -2.66. The van der Waals surface area contributed by atoms with E-state index in [1.807, 2.05) is 12.2 Å². The van der Waals surface area contributed by atoms with Gasteiger partial charge in [-0.15, -0.1) is 0 Å². The van der Waals surface area contributed by atoms with Crippen LogP contribution in [0, 0.1) is 5.41 Å². The number of Topliss-reactive ketones (excluding diaryl/α,β-unsaturated/α-hetero) is 1. The quantitative estimate of drug-likeness (QED) is 0.701. The number of unbranched alkanes of at least 4 members (excludes halogenated alkanes) is 1. The summed E-state index contributed by atoms with van der Waals surface area (Å²) >= 11 is 5.86. The molecule has 9 heteroatoms. The molecule has 2 aliphatic rings. The van der Waals surface area contributed by atoms with Crippen LogP contribution in [0.2, 0.25) is 5.02 Å². The summed E-state index contributed by atoms with van der Waals surface area (Å²) in [6.45, 7) is 5.44. The number of carbonyl (C=O) groups is 3. The second kappa shape index (κ2) is 7.97. The maximum atomic E-state index is 14.6. The fourth-order valence-electron chi connectivity index (χ4n) is 4.25. The highest BCUT2D eigenvalue weighted by Gasteiger charge is 2.71. The Hall–Kier alpha value is -2.35. The summed E-state index contributed by atoms with van der Waals surface area (Å²) in [5.41, 5.74) is -4.75. The van der Waals surface area contributed by atoms with Gasteiger partial charge in [-0.25, -0.2) is 0 Å². The van der Waals surface area contributed by atoms with E-state index >= 15 is 0 Å². The fraction of sp³-hybridized carbons (Fsp3) is 0.500. The van der Waals surface area contributed by atoms with Crippen molar-refractivity contribution in [2.24, 2.45) is 5.41 Å². The lowest BCUT2D eigenvalue weighted by Gasteiger charge is -2.35. The molecule has 31 heavy (non-hydrogen) atoms. The lowest BCUT2D eigenvalue weighted by molar-refractivity contribution is -0.190. The van der Waals surface area contributed by atoms with Crippen LogP contribution >= 0.6 is 11.6 Å². The number of ketones is 1. The maximum Gasteiger partial charge on any atom is 0.425 e. The van der Waals surface area contributed by atoms with Crippen LogP contribution in [0.4, 0.5) is 13.2 Å². The highest BCUT2D eigenvalue weighted by Crippen LogP contribution is 2.51. The van der Waals surface area contributed by atoms with Gasteiger partial charge in [-0.05, 0) is 36.5 Å². The van der Waals surface area contributed by atoms with Crippen LogP contribution in [-0.4, -0.2) is 40.8 Å². The summed E-state index contributed by atoms with van der Waals surface area (Å²) in [6.07, 6.45) is -4.11. The molecule has 3 rings (SSSR count). The normalized spacial score (nSPS) is 23.3. The van der Waals surface area contributed by atoms with Crippen molar-refractivity contribution in [2.45, 2.75) is 58.2 Å². The van der Waals surface area contributed by atoms with Gasteiger partial charge in [0.25, 0.3) is 11.8 Å². The average Bonchev–Trinajstić information content (AvgIpc) is 2.87. The third-order valence-electron chi connectivity index (χ3n) is 5.67. The van der Waals surface area contributed by atoms with Crippen LogP contribution in [-0.2, 0) is 9.59 Å². The van der Waals surface area contributed by atoms with E-state index in [0.29, 0.717) is 12.8 Å². The van der Waals surface area contributed by atoms with E-state index in [4.69, 9.17) is 11.6 Å². The Morgan fingerprint density at radius 1 is 1.23 bits per heavy atom. The topological polar surface area (TPSA) is 66.5 Å². The molecule has 0 saturated carbocycles. The van der Waals surface area contributed by atoms with Crippen molar-refractivity contribution in [3.63, 3.8) is 0 Å². The van der Waals surface area contributed by atoms with Gasteiger partial charge in [-0.3, -0.25) is 14.4 Å². The van der Waals surface area contributed by atoms with Gasteiger partial charge < -0.3 is 10.2 Å². The number of nitrogens with one attached hydrogen (secondary N) is 1. The van der Waals surface area contributed by atoms with Gasteiger partial charge in [0.05, 0.1) is 5.57 Å². The lowest BCUT2D eigenvalue weighted by atomic mass is 9.72. The average molecular weight is 457 g/mol. The zero-order valence-corrected chi connectivity index (χ0v) is 18.3. The number of alkyl halides is 3. The van der Waals surface area contributed by atoms with Gasteiger partial charge in [-0.2, -0.15) is 13.2 Å². The van der Waals surface area contributed by atoms with Crippen LogP contribution in [0.3, 0.4) is 0 Å². The van der Waals surface area contributed by atoms with Crippen molar-refractivity contribution in [1.29, 1.82) is 0 Å². The number of nitrogens with zero attached hydrogens (tertiary/aromatic N) is 1. The fourth-order valence-corrected chi connectivity index (χ4v) is 4.44. The molecule has 5 nitrogen and oxygen atoms in total. The molecule has 0 spiro atoms. The van der Waals surface area contributed by atoms with Gasteiger partial charge in [0.15, 0.2) is 5.78 Å². The van der Waals surface area contributed by atoms with Crippen LogP contribution in [0.15, 0.2) is 35.5 Å². The van der Waals surface area contributed by atoms with Crippen molar-refractivity contribution in [1.82, 2.24) is 10.2 Å². The van der Waals surface area contributed by atoms with Gasteiger partial charge >= 0.3 is 6.18 Å². The summed E-state index contributed by atoms with van der Waals surface area (Å²) in [6, 6.07) is 5.38. The molecule has 1 aliphatic carbocycles. The summed E-state index contributed by atoms with van der Waals surface area (Å²) in [5.74, 6) is -3.24. The van der Waals surface area contributed by atoms with Crippen molar-refractivity contribution in [2.75, 3.05) is 6.54 Å². The van der Waals surface area contributed by atoms with Gasteiger partial charge in [0.2, 0.25) is 5.54 Å². The number of halogens is 4. The van der Waals surface area contributed by atoms with E-state index in [1.54, 1.807) is 13.8 Å². The number of rotatable bonds is 5. The molecule has 0 unspecified atom stereocenters. The monoisotopic (exact) mass is 456 g/mol. The Kier molecular flexibility index (Phi) is 5.99. The molecule has 1 atom stereocenters. The minimum atomic E-state index is -5.21. The third-order valence-corrected chi connectivity index (χ3v) is 5.90. The van der Waals surface area contributed by atoms with Crippen molar-refractivity contribution in [3.05, 3.63) is 46.1 Å². The molecule has 0 saturated heterocycles. The zero-order chi connectivity index (χ0) is 23.2. The first-order chi connectivity index (χ1) is 14.3. The Morgan fingerprint density at radius 2 is 1.90 bits per heavy atom. The summed E-state index contributed by atoms with van der Waals surface area (Å²) in [5, 5.41) is 2.06. The van der Waals surface area contributed by atoms with Gasteiger partial charge in [0.1, 0.15) is 0 Å². The predicted octanol–water partition coefficient (Wildman–Crippen LogP) is 4.66. The molecular formula is C22H24ClF3N2O3. The molecule has 1 aromatic carbocycles. The minimum absolute atomic E-state index is 0.0440. The number of benzene rings is 1. The molecule has 1 aromatic rings. The Labute approximate surface area is 183 Å². The maximum absolute atomic E-state index is 14.6. The molecule has 2 amide bonds. The standard InChI is InChI=1S/C22H24ClF3N2O3/c1-4-5-9-28-15-11-20(2,3)12-16(29)17(15)21(19(28)31,22(24,25)26)27-18(30)13-7-6-8-14(23)10-13/h6-8,10H,4-5,9,11-12H2,1-3H3,(H,27,30)/t21-/m1/s1. The third kappa shape index (κ3) is 3.97. The van der Waals surface area contributed by atoms with Crippen LogP contribution in [0.25, 0.3) is 0 Å². The first-order valence-electron chi connectivity index (χ1n) is 10.1. The van der Waals surface area contributed by atoms with Crippen LogP contribution < -0.4 is 5.32 Å². The number of hydrogen-bond donors (Lipinski definition) is 1. The number of hydrogen-bond acceptors (Lipinski definition) is 3. The Bertz CT molecular complexity index is 971. The smallest absolute Gasteiger partial charge is 0.326 e. The van der Waals surface area contributed by atoms with Crippen LogP contribution in [0.1, 0.15) is 56.8 Å².